The molecule has 0 amide bonds. The molecule has 0 radical (unpaired) electrons. The van der Waals surface area contributed by atoms with Gasteiger partial charge in [0.1, 0.15) is 0 Å². The second-order valence-electron chi connectivity index (χ2n) is 4.25. The molecule has 1 aromatic carbocycles. The molecule has 0 N–H and O–H groups in total. The van der Waals surface area contributed by atoms with Crippen LogP contribution in [0.1, 0.15) is 5.56 Å². The summed E-state index contributed by atoms with van der Waals surface area (Å²) in [6.45, 7) is 2.11. The lowest BCUT2D eigenvalue weighted by molar-refractivity contribution is 0.768. The van der Waals surface area contributed by atoms with Crippen LogP contribution in [-0.4, -0.2) is 14.8 Å². The predicted octanol–water partition coefficient (Wildman–Crippen LogP) is 2.94. The Hall–Kier alpha value is -2.16. The third kappa shape index (κ3) is 1.60. The smallest absolute Gasteiger partial charge is 0.0568 e. The van der Waals surface area contributed by atoms with Crippen LogP contribution in [0, 0.1) is 6.92 Å². The van der Waals surface area contributed by atoms with Crippen LogP contribution in [0.15, 0.2) is 43.0 Å². The highest BCUT2D eigenvalue weighted by atomic mass is 15.2. The molecule has 84 valence electrons. The molecule has 2 aromatic heterocycles. The van der Waals surface area contributed by atoms with Gasteiger partial charge in [-0.3, -0.25) is 9.67 Å². The first-order chi connectivity index (χ1) is 8.25. The van der Waals surface area contributed by atoms with Crippen molar-refractivity contribution in [1.82, 2.24) is 14.8 Å². The van der Waals surface area contributed by atoms with Gasteiger partial charge in [0.15, 0.2) is 0 Å². The van der Waals surface area contributed by atoms with E-state index in [0.717, 1.165) is 5.56 Å². The third-order valence-electron chi connectivity index (χ3n) is 3.05. The van der Waals surface area contributed by atoms with Gasteiger partial charge in [-0.25, -0.2) is 0 Å². The molecule has 0 aliphatic heterocycles. The van der Waals surface area contributed by atoms with E-state index in [-0.39, 0.29) is 0 Å². The number of rotatable bonds is 1. The summed E-state index contributed by atoms with van der Waals surface area (Å²) in [5.74, 6) is 0. The third-order valence-corrected chi connectivity index (χ3v) is 3.05. The first-order valence-corrected chi connectivity index (χ1v) is 5.58. The Labute approximate surface area is 99.7 Å². The minimum absolute atomic E-state index is 1.14. The van der Waals surface area contributed by atoms with Gasteiger partial charge >= 0.3 is 0 Å². The lowest BCUT2D eigenvalue weighted by Crippen LogP contribution is -1.85. The van der Waals surface area contributed by atoms with Crippen molar-refractivity contribution in [3.05, 3.63) is 48.5 Å². The molecule has 3 heteroatoms. The van der Waals surface area contributed by atoms with Crippen LogP contribution in [0.2, 0.25) is 0 Å². The second-order valence-corrected chi connectivity index (χ2v) is 4.25. The minimum Gasteiger partial charge on any atom is -0.275 e. The van der Waals surface area contributed by atoms with Gasteiger partial charge in [0.25, 0.3) is 0 Å². The fourth-order valence-corrected chi connectivity index (χ4v) is 2.14. The van der Waals surface area contributed by atoms with Gasteiger partial charge in [-0.1, -0.05) is 12.1 Å². The Morgan fingerprint density at radius 1 is 1.06 bits per heavy atom. The normalized spacial score (nSPS) is 10.9. The van der Waals surface area contributed by atoms with Gasteiger partial charge in [-0.05, 0) is 29.5 Å². The Bertz CT molecular complexity index is 683. The van der Waals surface area contributed by atoms with Crippen molar-refractivity contribution in [2.24, 2.45) is 7.05 Å². The fraction of sp³-hybridized carbons (Fsp3) is 0.143. The standard InChI is InChI=1S/C14H13N3/c1-10-3-4-12(11-7-16-17(2)9-11)13-5-6-15-8-14(10)13/h3-9H,1-2H3. The van der Waals surface area contributed by atoms with Gasteiger partial charge in [-0.15, -0.1) is 0 Å². The minimum atomic E-state index is 1.14. The number of aromatic nitrogens is 3. The molecular weight excluding hydrogens is 210 g/mol. The Morgan fingerprint density at radius 2 is 1.94 bits per heavy atom. The Kier molecular flexibility index (Phi) is 2.18. The number of aryl methyl sites for hydroxylation is 2. The molecule has 17 heavy (non-hydrogen) atoms. The Balaban J connectivity index is 2.34. The van der Waals surface area contributed by atoms with E-state index in [9.17, 15) is 0 Å². The highest BCUT2D eigenvalue weighted by molar-refractivity contribution is 5.97. The lowest BCUT2D eigenvalue weighted by Gasteiger charge is -2.06. The monoisotopic (exact) mass is 223 g/mol. The van der Waals surface area contributed by atoms with Crippen LogP contribution in [0.25, 0.3) is 21.9 Å². The molecule has 3 nitrogen and oxygen atoms in total. The molecule has 0 aliphatic carbocycles. The molecule has 2 heterocycles. The van der Waals surface area contributed by atoms with Crippen molar-refractivity contribution in [2.75, 3.05) is 0 Å². The van der Waals surface area contributed by atoms with Crippen molar-refractivity contribution in [1.29, 1.82) is 0 Å². The van der Waals surface area contributed by atoms with E-state index in [4.69, 9.17) is 0 Å². The van der Waals surface area contributed by atoms with E-state index in [0.29, 0.717) is 0 Å². The van der Waals surface area contributed by atoms with Crippen LogP contribution < -0.4 is 0 Å². The molecule has 3 aromatic rings. The summed E-state index contributed by atoms with van der Waals surface area (Å²) in [5, 5.41) is 6.66. The summed E-state index contributed by atoms with van der Waals surface area (Å²) >= 11 is 0. The van der Waals surface area contributed by atoms with E-state index in [2.05, 4.69) is 35.2 Å². The van der Waals surface area contributed by atoms with Crippen LogP contribution in [0.3, 0.4) is 0 Å². The lowest BCUT2D eigenvalue weighted by atomic mass is 9.99. The van der Waals surface area contributed by atoms with Gasteiger partial charge in [0.2, 0.25) is 0 Å². The summed E-state index contributed by atoms with van der Waals surface area (Å²) in [6.07, 6.45) is 7.68. The van der Waals surface area contributed by atoms with Crippen LogP contribution >= 0.6 is 0 Å². The number of nitrogens with zero attached hydrogens (tertiary/aromatic N) is 3. The fourth-order valence-electron chi connectivity index (χ4n) is 2.14. The maximum atomic E-state index is 4.22. The molecule has 0 atom stereocenters. The van der Waals surface area contributed by atoms with Gasteiger partial charge in [-0.2, -0.15) is 5.10 Å². The zero-order valence-corrected chi connectivity index (χ0v) is 9.88. The summed E-state index contributed by atoms with van der Waals surface area (Å²) < 4.78 is 1.82. The summed E-state index contributed by atoms with van der Waals surface area (Å²) in [4.78, 5) is 4.19. The Morgan fingerprint density at radius 3 is 2.71 bits per heavy atom. The van der Waals surface area contributed by atoms with Crippen molar-refractivity contribution in [3.8, 4) is 11.1 Å². The number of benzene rings is 1. The molecule has 0 aliphatic rings. The van der Waals surface area contributed by atoms with Gasteiger partial charge in [0, 0.05) is 36.6 Å². The molecule has 0 saturated heterocycles. The highest BCUT2D eigenvalue weighted by Gasteiger charge is 2.06. The zero-order chi connectivity index (χ0) is 11.8. The van der Waals surface area contributed by atoms with E-state index < -0.39 is 0 Å². The quantitative estimate of drug-likeness (QED) is 0.635. The zero-order valence-electron chi connectivity index (χ0n) is 9.88. The summed E-state index contributed by atoms with van der Waals surface area (Å²) in [7, 11) is 1.93. The van der Waals surface area contributed by atoms with Crippen LogP contribution in [0.5, 0.6) is 0 Å². The van der Waals surface area contributed by atoms with E-state index in [1.807, 2.05) is 36.5 Å². The van der Waals surface area contributed by atoms with E-state index in [1.54, 1.807) is 0 Å². The first kappa shape index (κ1) is 10.0. The molecule has 0 spiro atoms. The molecule has 0 saturated carbocycles. The van der Waals surface area contributed by atoms with Crippen molar-refractivity contribution in [3.63, 3.8) is 0 Å². The predicted molar refractivity (Wildman–Crippen MR) is 68.7 cm³/mol. The van der Waals surface area contributed by atoms with E-state index >= 15 is 0 Å². The second kappa shape index (κ2) is 3.70. The summed E-state index contributed by atoms with van der Waals surface area (Å²) in [5.41, 5.74) is 3.60. The molecule has 3 rings (SSSR count). The average molecular weight is 223 g/mol. The topological polar surface area (TPSA) is 30.7 Å². The number of hydrogen-bond donors (Lipinski definition) is 0. The van der Waals surface area contributed by atoms with Crippen LogP contribution in [0.4, 0.5) is 0 Å². The SMILES string of the molecule is Cc1ccc(-c2cnn(C)c2)c2ccncc12. The number of fused-ring (bicyclic) bond motifs is 1. The van der Waals surface area contributed by atoms with Crippen LogP contribution in [-0.2, 0) is 7.05 Å². The van der Waals surface area contributed by atoms with Crippen molar-refractivity contribution < 1.29 is 0 Å². The van der Waals surface area contributed by atoms with Gasteiger partial charge in [0.05, 0.1) is 6.20 Å². The molecule has 0 fully saturated rings. The highest BCUT2D eigenvalue weighted by Crippen LogP contribution is 2.29. The molecular formula is C14H13N3. The maximum Gasteiger partial charge on any atom is 0.0568 e. The number of hydrogen-bond acceptors (Lipinski definition) is 2. The average Bonchev–Trinajstić information content (AvgIpc) is 2.77. The summed E-state index contributed by atoms with van der Waals surface area (Å²) in [6, 6.07) is 6.34. The largest absolute Gasteiger partial charge is 0.275 e. The molecule has 0 unspecified atom stereocenters. The van der Waals surface area contributed by atoms with Crippen molar-refractivity contribution in [2.45, 2.75) is 6.92 Å². The van der Waals surface area contributed by atoms with Gasteiger partial charge < -0.3 is 0 Å². The van der Waals surface area contributed by atoms with Crippen molar-refractivity contribution >= 4 is 10.8 Å². The molecule has 0 bridgehead atoms. The maximum absolute atomic E-state index is 4.22. The van der Waals surface area contributed by atoms with E-state index in [1.165, 1.54) is 21.9 Å². The first-order valence-electron chi connectivity index (χ1n) is 5.58. The number of pyridine rings is 1.